The Bertz CT molecular complexity index is 1320. The van der Waals surface area contributed by atoms with E-state index in [-0.39, 0.29) is 12.6 Å². The molecule has 1 saturated heterocycles. The van der Waals surface area contributed by atoms with Crippen molar-refractivity contribution in [2.24, 2.45) is 7.05 Å². The number of alkyl halides is 1. The molecule has 1 amide bonds. The molecule has 0 radical (unpaired) electrons. The average molecular weight is 461 g/mol. The summed E-state index contributed by atoms with van der Waals surface area (Å²) in [7, 11) is 1.83. The Morgan fingerprint density at radius 1 is 1.06 bits per heavy atom. The maximum atomic E-state index is 12.9. The first-order valence-corrected chi connectivity index (χ1v) is 11.2. The predicted octanol–water partition coefficient (Wildman–Crippen LogP) is 2.77. The minimum Gasteiger partial charge on any atom is -0.354 e. The zero-order chi connectivity index (χ0) is 23.5. The molecule has 0 aliphatic carbocycles. The van der Waals surface area contributed by atoms with Crippen LogP contribution in [0.4, 0.5) is 16.0 Å². The zero-order valence-corrected chi connectivity index (χ0v) is 18.9. The third-order valence-electron chi connectivity index (χ3n) is 5.97. The Morgan fingerprint density at radius 2 is 1.91 bits per heavy atom. The highest BCUT2D eigenvalue weighted by Crippen LogP contribution is 2.24. The highest BCUT2D eigenvalue weighted by Gasteiger charge is 2.19. The number of carbonyl (C=O) groups excluding carboxylic acids is 1. The van der Waals surface area contributed by atoms with Crippen LogP contribution in [0.3, 0.4) is 0 Å². The van der Waals surface area contributed by atoms with Gasteiger partial charge in [0.05, 0.1) is 6.20 Å². The van der Waals surface area contributed by atoms with Crippen LogP contribution in [0.5, 0.6) is 0 Å². The van der Waals surface area contributed by atoms with Crippen molar-refractivity contribution in [1.82, 2.24) is 29.9 Å². The number of rotatable bonds is 6. The number of anilines is 2. The number of nitrogens with one attached hydrogen (secondary N) is 1. The maximum absolute atomic E-state index is 12.9. The van der Waals surface area contributed by atoms with Gasteiger partial charge in [0, 0.05) is 68.7 Å². The minimum absolute atomic E-state index is 0.253. The van der Waals surface area contributed by atoms with Gasteiger partial charge in [0.1, 0.15) is 24.0 Å². The van der Waals surface area contributed by atoms with Gasteiger partial charge in [-0.3, -0.25) is 14.4 Å². The number of fused-ring (bicyclic) bond motifs is 1. The van der Waals surface area contributed by atoms with Crippen molar-refractivity contribution >= 4 is 28.3 Å². The summed E-state index contributed by atoms with van der Waals surface area (Å²) in [6, 6.07) is 11.3. The van der Waals surface area contributed by atoms with Gasteiger partial charge in [0.15, 0.2) is 0 Å². The van der Waals surface area contributed by atoms with Gasteiger partial charge in [-0.05, 0) is 29.7 Å². The first-order valence-electron chi connectivity index (χ1n) is 11.2. The lowest BCUT2D eigenvalue weighted by Crippen LogP contribution is -2.47. The molecule has 0 bridgehead atoms. The molecule has 3 aromatic heterocycles. The molecule has 5 rings (SSSR count). The topological polar surface area (TPSA) is 92.1 Å². The molecule has 1 aliphatic heterocycles. The largest absolute Gasteiger partial charge is 0.354 e. The number of piperazine rings is 1. The third kappa shape index (κ3) is 4.72. The lowest BCUT2D eigenvalue weighted by Gasteiger charge is -2.35. The van der Waals surface area contributed by atoms with E-state index in [2.05, 4.69) is 35.4 Å². The fraction of sp³-hybridized carbons (Fsp3) is 0.292. The second-order valence-electron chi connectivity index (χ2n) is 8.28. The first kappa shape index (κ1) is 21.9. The van der Waals surface area contributed by atoms with Crippen LogP contribution in [0, 0.1) is 0 Å². The summed E-state index contributed by atoms with van der Waals surface area (Å²) >= 11 is 0. The van der Waals surface area contributed by atoms with Crippen molar-refractivity contribution in [2.75, 3.05) is 49.6 Å². The second kappa shape index (κ2) is 9.52. The quantitative estimate of drug-likeness (QED) is 0.473. The molecule has 10 heteroatoms. The highest BCUT2D eigenvalue weighted by atomic mass is 19.1. The van der Waals surface area contributed by atoms with Gasteiger partial charge >= 0.3 is 0 Å². The monoisotopic (exact) mass is 460 g/mol. The summed E-state index contributed by atoms with van der Waals surface area (Å²) in [5.74, 6) is 0.955. The van der Waals surface area contributed by atoms with E-state index < -0.39 is 0 Å². The predicted molar refractivity (Wildman–Crippen MR) is 129 cm³/mol. The Morgan fingerprint density at radius 3 is 2.68 bits per heavy atom. The number of aromatic nitrogens is 5. The summed E-state index contributed by atoms with van der Waals surface area (Å²) in [5.41, 5.74) is 2.22. The average Bonchev–Trinajstić information content (AvgIpc) is 3.30. The van der Waals surface area contributed by atoms with Crippen molar-refractivity contribution in [3.8, 4) is 11.3 Å². The van der Waals surface area contributed by atoms with E-state index in [1.54, 1.807) is 29.2 Å². The Balaban J connectivity index is 1.31. The lowest BCUT2D eigenvalue weighted by atomic mass is 10.1. The minimum atomic E-state index is -0.335. The number of hydrogen-bond acceptors (Lipinski definition) is 7. The summed E-state index contributed by atoms with van der Waals surface area (Å²) in [6.07, 6.45) is 5.23. The van der Waals surface area contributed by atoms with E-state index in [1.165, 1.54) is 0 Å². The van der Waals surface area contributed by atoms with Crippen LogP contribution in [0.1, 0.15) is 10.4 Å². The Hall–Kier alpha value is -3.92. The van der Waals surface area contributed by atoms with Crippen molar-refractivity contribution in [1.29, 1.82) is 0 Å². The number of hydrogen-bond donors (Lipinski definition) is 1. The van der Waals surface area contributed by atoms with Crippen LogP contribution in [-0.4, -0.2) is 75.2 Å². The number of nitrogens with zero attached hydrogens (tertiary/aromatic N) is 7. The molecule has 9 nitrogen and oxygen atoms in total. The molecule has 1 fully saturated rings. The van der Waals surface area contributed by atoms with E-state index in [0.717, 1.165) is 54.0 Å². The molecule has 174 valence electrons. The van der Waals surface area contributed by atoms with Gasteiger partial charge in [-0.25, -0.2) is 14.4 Å². The molecule has 0 atom stereocenters. The molecule has 4 aromatic rings. The zero-order valence-electron chi connectivity index (χ0n) is 18.9. The second-order valence-corrected chi connectivity index (χ2v) is 8.28. The molecule has 0 saturated carbocycles. The highest BCUT2D eigenvalue weighted by molar-refractivity contribution is 6.05. The molecule has 1 aliphatic rings. The fourth-order valence-corrected chi connectivity index (χ4v) is 4.09. The van der Waals surface area contributed by atoms with E-state index >= 15 is 0 Å². The summed E-state index contributed by atoms with van der Waals surface area (Å²) in [5, 5.41) is 12.9. The van der Waals surface area contributed by atoms with Crippen LogP contribution in [0.2, 0.25) is 0 Å². The summed E-state index contributed by atoms with van der Waals surface area (Å²) in [6.45, 7) is 3.18. The molecule has 34 heavy (non-hydrogen) atoms. The maximum Gasteiger partial charge on any atom is 0.257 e. The number of halogens is 1. The summed E-state index contributed by atoms with van der Waals surface area (Å²) in [4.78, 5) is 26.0. The fourth-order valence-electron chi connectivity index (χ4n) is 4.09. The lowest BCUT2D eigenvalue weighted by molar-refractivity contribution is 0.102. The van der Waals surface area contributed by atoms with Crippen molar-refractivity contribution < 1.29 is 9.18 Å². The molecular formula is C24H25FN8O. The van der Waals surface area contributed by atoms with Gasteiger partial charge < -0.3 is 10.2 Å². The molecule has 1 N–H and O–H groups in total. The van der Waals surface area contributed by atoms with Crippen LogP contribution in [0.25, 0.3) is 22.0 Å². The van der Waals surface area contributed by atoms with Crippen molar-refractivity contribution in [3.05, 3.63) is 60.6 Å². The van der Waals surface area contributed by atoms with E-state index in [9.17, 15) is 9.18 Å². The summed E-state index contributed by atoms with van der Waals surface area (Å²) < 4.78 is 14.2. The van der Waals surface area contributed by atoms with Crippen LogP contribution in [-0.2, 0) is 7.05 Å². The normalized spacial score (nSPS) is 14.5. The van der Waals surface area contributed by atoms with E-state index in [1.807, 2.05) is 37.5 Å². The number of carbonyl (C=O) groups is 1. The molecule has 0 spiro atoms. The third-order valence-corrected chi connectivity index (χ3v) is 5.97. The van der Waals surface area contributed by atoms with Gasteiger partial charge in [0.2, 0.25) is 0 Å². The van der Waals surface area contributed by atoms with Gasteiger partial charge in [-0.15, -0.1) is 5.10 Å². The molecular weight excluding hydrogens is 435 g/mol. The number of benzene rings is 1. The number of pyridine rings is 2. The van der Waals surface area contributed by atoms with Crippen molar-refractivity contribution in [3.63, 3.8) is 0 Å². The van der Waals surface area contributed by atoms with Gasteiger partial charge in [-0.2, -0.15) is 0 Å². The number of amides is 1. The Labute approximate surface area is 196 Å². The van der Waals surface area contributed by atoms with Gasteiger partial charge in [0.25, 0.3) is 5.91 Å². The van der Waals surface area contributed by atoms with Gasteiger partial charge in [-0.1, -0.05) is 17.3 Å². The SMILES string of the molecule is Cn1cc(-c2ccc3cnc(NC(=O)c4ccnc(N5CCN(CCF)CC5)c4)cc3c2)nn1. The van der Waals surface area contributed by atoms with E-state index in [0.29, 0.717) is 17.9 Å². The molecule has 1 aromatic carbocycles. The van der Waals surface area contributed by atoms with Crippen LogP contribution >= 0.6 is 0 Å². The van der Waals surface area contributed by atoms with Crippen molar-refractivity contribution in [2.45, 2.75) is 0 Å². The Kier molecular flexibility index (Phi) is 6.13. The molecule has 0 unspecified atom stereocenters. The standard InChI is InChI=1S/C24H25FN8O/c1-31-16-21(29-30-31)17-2-3-19-15-27-22(13-20(19)12-17)28-24(34)18-4-6-26-23(14-18)33-10-8-32(7-5-25)9-11-33/h2-4,6,12-16H,5,7-11H2,1H3,(H,27,28,34). The van der Waals surface area contributed by atoms with Crippen LogP contribution in [0.15, 0.2) is 55.0 Å². The van der Waals surface area contributed by atoms with Crippen LogP contribution < -0.4 is 10.2 Å². The number of aryl methyl sites for hydroxylation is 1. The smallest absolute Gasteiger partial charge is 0.257 e. The molecule has 4 heterocycles. The first-order chi connectivity index (χ1) is 16.6. The van der Waals surface area contributed by atoms with E-state index in [4.69, 9.17) is 0 Å².